The van der Waals surface area contributed by atoms with Gasteiger partial charge in [0.15, 0.2) is 11.0 Å². The quantitative estimate of drug-likeness (QED) is 0.690. The fourth-order valence-corrected chi connectivity index (χ4v) is 5.15. The van der Waals surface area contributed by atoms with Gasteiger partial charge in [-0.15, -0.1) is 0 Å². The van der Waals surface area contributed by atoms with E-state index >= 15 is 0 Å². The maximum atomic E-state index is 11.8. The van der Waals surface area contributed by atoms with Crippen molar-refractivity contribution in [3.05, 3.63) is 17.1 Å². The van der Waals surface area contributed by atoms with E-state index in [2.05, 4.69) is 29.1 Å². The van der Waals surface area contributed by atoms with Gasteiger partial charge in [0.1, 0.15) is 11.9 Å². The number of likely N-dealkylation sites (tertiary alicyclic amines) is 1. The number of carbonyl (C=O) groups excluding carboxylic acids is 1. The highest BCUT2D eigenvalue weighted by Gasteiger charge is 2.28. The van der Waals surface area contributed by atoms with Gasteiger partial charge in [0, 0.05) is 69.2 Å². The first-order valence-electron chi connectivity index (χ1n) is 11.0. The van der Waals surface area contributed by atoms with Gasteiger partial charge in [0.2, 0.25) is 5.91 Å². The van der Waals surface area contributed by atoms with E-state index in [1.807, 2.05) is 23.6 Å². The Labute approximate surface area is 183 Å². The standard InChI is InChI=1S/C21H33N7OS/c1-15-16(2)23-20(17-14-30-21(24-17)28-12-10-26(3)11-13-28)25-19(15)22-7-5-9-27-8-4-6-18(27)29/h17H,4-14H2,1-3H3,(H,22,23,25). The number of anilines is 1. The van der Waals surface area contributed by atoms with Gasteiger partial charge < -0.3 is 20.0 Å². The second-order valence-electron chi connectivity index (χ2n) is 8.43. The van der Waals surface area contributed by atoms with Crippen molar-refractivity contribution in [1.82, 2.24) is 24.7 Å². The third-order valence-corrected chi connectivity index (χ3v) is 7.29. The molecule has 0 bridgehead atoms. The van der Waals surface area contributed by atoms with Gasteiger partial charge in [-0.05, 0) is 33.7 Å². The Bertz CT molecular complexity index is 807. The van der Waals surface area contributed by atoms with E-state index in [9.17, 15) is 4.79 Å². The number of carbonyl (C=O) groups is 1. The summed E-state index contributed by atoms with van der Waals surface area (Å²) in [6.07, 6.45) is 2.63. The Hall–Kier alpha value is -1.87. The van der Waals surface area contributed by atoms with Gasteiger partial charge in [-0.25, -0.2) is 9.97 Å². The summed E-state index contributed by atoms with van der Waals surface area (Å²) in [6.45, 7) is 10.9. The molecule has 9 heteroatoms. The minimum atomic E-state index is 0.0201. The molecule has 4 rings (SSSR count). The van der Waals surface area contributed by atoms with Crippen molar-refractivity contribution in [2.45, 2.75) is 39.2 Å². The molecule has 30 heavy (non-hydrogen) atoms. The van der Waals surface area contributed by atoms with Crippen LogP contribution in [0.15, 0.2) is 4.99 Å². The highest BCUT2D eigenvalue weighted by atomic mass is 32.2. The number of amidine groups is 1. The number of nitrogens with one attached hydrogen (secondary N) is 1. The van der Waals surface area contributed by atoms with Crippen LogP contribution >= 0.6 is 11.8 Å². The topological polar surface area (TPSA) is 77.0 Å². The zero-order valence-electron chi connectivity index (χ0n) is 18.4. The van der Waals surface area contributed by atoms with Crippen LogP contribution in [0.4, 0.5) is 5.82 Å². The van der Waals surface area contributed by atoms with Crippen LogP contribution in [0.2, 0.25) is 0 Å². The SMILES string of the molecule is Cc1nc(C2CSC(N3CCN(C)CC3)=N2)nc(NCCCN2CCCC2=O)c1C. The Balaban J connectivity index is 1.37. The number of thioether (sulfide) groups is 1. The smallest absolute Gasteiger partial charge is 0.222 e. The number of hydrogen-bond acceptors (Lipinski definition) is 8. The highest BCUT2D eigenvalue weighted by Crippen LogP contribution is 2.31. The van der Waals surface area contributed by atoms with Gasteiger partial charge in [-0.3, -0.25) is 9.79 Å². The van der Waals surface area contributed by atoms with Crippen LogP contribution in [0, 0.1) is 13.8 Å². The van der Waals surface area contributed by atoms with Crippen molar-refractivity contribution < 1.29 is 4.79 Å². The maximum absolute atomic E-state index is 11.8. The van der Waals surface area contributed by atoms with E-state index in [0.717, 1.165) is 92.5 Å². The molecule has 1 unspecified atom stereocenters. The van der Waals surface area contributed by atoms with E-state index in [0.29, 0.717) is 12.3 Å². The van der Waals surface area contributed by atoms with Crippen molar-refractivity contribution in [3.63, 3.8) is 0 Å². The molecule has 3 aliphatic rings. The predicted octanol–water partition coefficient (Wildman–Crippen LogP) is 1.91. The van der Waals surface area contributed by atoms with Crippen LogP contribution in [0.25, 0.3) is 0 Å². The molecule has 0 aromatic carbocycles. The van der Waals surface area contributed by atoms with Crippen LogP contribution in [0.3, 0.4) is 0 Å². The first kappa shape index (κ1) is 21.4. The molecule has 2 saturated heterocycles. The van der Waals surface area contributed by atoms with Crippen LogP contribution in [0.5, 0.6) is 0 Å². The molecule has 164 valence electrons. The number of aromatic nitrogens is 2. The fraction of sp³-hybridized carbons (Fsp3) is 0.714. The number of rotatable bonds is 6. The van der Waals surface area contributed by atoms with E-state index in [1.54, 1.807) is 0 Å². The van der Waals surface area contributed by atoms with Crippen LogP contribution in [0.1, 0.15) is 42.4 Å². The summed E-state index contributed by atoms with van der Waals surface area (Å²) in [4.78, 5) is 33.0. The summed E-state index contributed by atoms with van der Waals surface area (Å²) < 4.78 is 0. The summed E-state index contributed by atoms with van der Waals surface area (Å²) in [5.41, 5.74) is 2.09. The summed E-state index contributed by atoms with van der Waals surface area (Å²) in [6, 6.07) is 0.0201. The van der Waals surface area contributed by atoms with Gasteiger partial charge in [-0.2, -0.15) is 0 Å². The second kappa shape index (κ2) is 9.51. The molecule has 1 amide bonds. The highest BCUT2D eigenvalue weighted by molar-refractivity contribution is 8.14. The van der Waals surface area contributed by atoms with E-state index in [1.165, 1.54) is 0 Å². The van der Waals surface area contributed by atoms with Crippen LogP contribution in [-0.2, 0) is 4.79 Å². The molecule has 0 radical (unpaired) electrons. The summed E-state index contributed by atoms with van der Waals surface area (Å²) in [5.74, 6) is 2.91. The third kappa shape index (κ3) is 4.88. The number of piperazine rings is 1. The molecular weight excluding hydrogens is 398 g/mol. The molecule has 8 nitrogen and oxygen atoms in total. The first-order valence-corrected chi connectivity index (χ1v) is 12.0. The maximum Gasteiger partial charge on any atom is 0.222 e. The Morgan fingerprint density at radius 3 is 2.67 bits per heavy atom. The Morgan fingerprint density at radius 1 is 1.13 bits per heavy atom. The summed E-state index contributed by atoms with van der Waals surface area (Å²) >= 11 is 1.82. The average molecular weight is 432 g/mol. The lowest BCUT2D eigenvalue weighted by atomic mass is 10.2. The summed E-state index contributed by atoms with van der Waals surface area (Å²) in [7, 11) is 2.17. The Kier molecular flexibility index (Phi) is 6.77. The van der Waals surface area contributed by atoms with Crippen molar-refractivity contribution in [2.75, 3.05) is 63.9 Å². The van der Waals surface area contributed by atoms with Crippen LogP contribution < -0.4 is 5.32 Å². The molecule has 2 fully saturated rings. The molecule has 1 aromatic heterocycles. The lowest BCUT2D eigenvalue weighted by molar-refractivity contribution is -0.127. The second-order valence-corrected chi connectivity index (χ2v) is 9.42. The van der Waals surface area contributed by atoms with Crippen molar-refractivity contribution in [2.24, 2.45) is 4.99 Å². The molecule has 1 aromatic rings. The zero-order chi connectivity index (χ0) is 21.1. The molecule has 0 saturated carbocycles. The average Bonchev–Trinajstić information content (AvgIpc) is 3.38. The van der Waals surface area contributed by atoms with E-state index in [4.69, 9.17) is 15.0 Å². The predicted molar refractivity (Wildman–Crippen MR) is 122 cm³/mol. The summed E-state index contributed by atoms with van der Waals surface area (Å²) in [5, 5.41) is 4.61. The normalized spacial score (nSPS) is 22.7. The lowest BCUT2D eigenvalue weighted by Gasteiger charge is -2.33. The number of amides is 1. The van der Waals surface area contributed by atoms with Crippen molar-refractivity contribution >= 4 is 28.7 Å². The van der Waals surface area contributed by atoms with E-state index in [-0.39, 0.29) is 6.04 Å². The fourth-order valence-electron chi connectivity index (χ4n) is 4.05. The minimum Gasteiger partial charge on any atom is -0.370 e. The third-order valence-electron chi connectivity index (χ3n) is 6.18. The van der Waals surface area contributed by atoms with Gasteiger partial charge >= 0.3 is 0 Å². The molecule has 3 aliphatic heterocycles. The molecule has 1 atom stereocenters. The largest absolute Gasteiger partial charge is 0.370 e. The number of aliphatic imine (C=N–C) groups is 1. The minimum absolute atomic E-state index is 0.0201. The number of nitrogens with zero attached hydrogens (tertiary/aromatic N) is 6. The van der Waals surface area contributed by atoms with Gasteiger partial charge in [-0.1, -0.05) is 11.8 Å². The molecule has 0 spiro atoms. The number of hydrogen-bond donors (Lipinski definition) is 1. The lowest BCUT2D eigenvalue weighted by Crippen LogP contribution is -2.46. The molecule has 0 aliphatic carbocycles. The molecular formula is C21H33N7OS. The monoisotopic (exact) mass is 431 g/mol. The Morgan fingerprint density at radius 2 is 1.93 bits per heavy atom. The van der Waals surface area contributed by atoms with Gasteiger partial charge in [0.05, 0.1) is 0 Å². The van der Waals surface area contributed by atoms with Crippen molar-refractivity contribution in [3.8, 4) is 0 Å². The molecule has 1 N–H and O–H groups in total. The number of likely N-dealkylation sites (N-methyl/N-ethyl adjacent to an activating group) is 1. The first-order chi connectivity index (χ1) is 14.5. The number of aryl methyl sites for hydroxylation is 1. The van der Waals surface area contributed by atoms with Crippen LogP contribution in [-0.4, -0.2) is 94.4 Å². The zero-order valence-corrected chi connectivity index (χ0v) is 19.2. The molecule has 4 heterocycles. The van der Waals surface area contributed by atoms with Crippen molar-refractivity contribution in [1.29, 1.82) is 0 Å². The van der Waals surface area contributed by atoms with E-state index < -0.39 is 0 Å². The van der Waals surface area contributed by atoms with Gasteiger partial charge in [0.25, 0.3) is 0 Å².